The maximum absolute atomic E-state index is 14.2. The van der Waals surface area contributed by atoms with E-state index in [1.54, 1.807) is 0 Å². The van der Waals surface area contributed by atoms with Crippen molar-refractivity contribution in [1.82, 2.24) is 14.8 Å². The Labute approximate surface area is 132 Å². The maximum atomic E-state index is 14.2. The zero-order valence-corrected chi connectivity index (χ0v) is 12.8. The second-order valence-electron chi connectivity index (χ2n) is 5.88. The van der Waals surface area contributed by atoms with Crippen molar-refractivity contribution in [3.05, 3.63) is 41.7 Å². The van der Waals surface area contributed by atoms with Crippen molar-refractivity contribution >= 4 is 9.84 Å². The highest BCUT2D eigenvalue weighted by Crippen LogP contribution is 2.42. The van der Waals surface area contributed by atoms with Crippen LogP contribution in [0.3, 0.4) is 0 Å². The lowest BCUT2D eigenvalue weighted by molar-refractivity contribution is 0.326. The molecule has 0 radical (unpaired) electrons. The lowest BCUT2D eigenvalue weighted by atomic mass is 10.0. The van der Waals surface area contributed by atoms with E-state index in [0.29, 0.717) is 6.42 Å². The minimum absolute atomic E-state index is 0.0478. The highest BCUT2D eigenvalue weighted by Gasteiger charge is 2.51. The Bertz CT molecular complexity index is 903. The molecule has 118 valence electrons. The number of fused-ring (bicyclic) bond motifs is 1. The monoisotopic (exact) mass is 332 g/mol. The predicted molar refractivity (Wildman–Crippen MR) is 77.8 cm³/mol. The molecule has 4 rings (SSSR count). The number of nitrogens with zero attached hydrogens (tertiary/aromatic N) is 4. The molecule has 2 aliphatic rings. The summed E-state index contributed by atoms with van der Waals surface area (Å²) < 4.78 is 40.4. The van der Waals surface area contributed by atoms with E-state index in [1.165, 1.54) is 4.68 Å². The molecule has 2 heterocycles. The molecule has 1 saturated carbocycles. The number of hydrogen-bond donors (Lipinski definition) is 0. The van der Waals surface area contributed by atoms with E-state index in [9.17, 15) is 12.8 Å². The third-order valence-electron chi connectivity index (χ3n) is 4.38. The second kappa shape index (κ2) is 4.86. The van der Waals surface area contributed by atoms with Gasteiger partial charge in [0.2, 0.25) is 9.84 Å². The van der Waals surface area contributed by atoms with Crippen LogP contribution in [0.15, 0.2) is 35.5 Å². The summed E-state index contributed by atoms with van der Waals surface area (Å²) in [5.41, 5.74) is 0.865. The molecule has 6 nitrogen and oxygen atoms in total. The fraction of sp³-hybridized carbons (Fsp3) is 0.400. The van der Waals surface area contributed by atoms with Crippen molar-refractivity contribution in [1.29, 1.82) is 5.26 Å². The lowest BCUT2D eigenvalue weighted by Crippen LogP contribution is -2.13. The van der Waals surface area contributed by atoms with Crippen molar-refractivity contribution in [3.8, 4) is 6.07 Å². The first-order chi connectivity index (χ1) is 11.0. The largest absolute Gasteiger partial charge is 0.267 e. The van der Waals surface area contributed by atoms with Gasteiger partial charge < -0.3 is 0 Å². The van der Waals surface area contributed by atoms with Crippen molar-refractivity contribution < 1.29 is 12.8 Å². The summed E-state index contributed by atoms with van der Waals surface area (Å²) in [5.74, 6) is -0.462. The van der Waals surface area contributed by atoms with Crippen LogP contribution in [0, 0.1) is 17.2 Å². The van der Waals surface area contributed by atoms with Gasteiger partial charge in [-0.3, -0.25) is 0 Å². The van der Waals surface area contributed by atoms with Crippen LogP contribution in [-0.2, 0) is 9.84 Å². The number of hydrogen-bond acceptors (Lipinski definition) is 5. The standard InChI is InChI=1S/C15H13FN4O2S/c16-11-7-12(9-4-2-1-3-5-9)20-14(11)18-15(19-20)23(21,22)13-6-10(13)8-17/h1-5,10-13H,6-7H2/t10-,11-,12-,13+/m0/s1. The van der Waals surface area contributed by atoms with Crippen LogP contribution in [0.2, 0.25) is 0 Å². The van der Waals surface area contributed by atoms with E-state index in [-0.39, 0.29) is 23.4 Å². The number of sulfone groups is 1. The number of benzene rings is 1. The molecule has 8 heteroatoms. The normalized spacial score (nSPS) is 29.0. The summed E-state index contributed by atoms with van der Waals surface area (Å²) in [6, 6.07) is 10.8. The van der Waals surface area contributed by atoms with Crippen molar-refractivity contribution in [2.75, 3.05) is 0 Å². The van der Waals surface area contributed by atoms with Gasteiger partial charge in [-0.2, -0.15) is 10.2 Å². The highest BCUT2D eigenvalue weighted by molar-refractivity contribution is 7.92. The molecule has 0 bridgehead atoms. The summed E-state index contributed by atoms with van der Waals surface area (Å²) in [6.07, 6.45) is -0.851. The Balaban J connectivity index is 1.73. The van der Waals surface area contributed by atoms with Gasteiger partial charge in [-0.25, -0.2) is 17.5 Å². The van der Waals surface area contributed by atoms with Gasteiger partial charge in [0.1, 0.15) is 0 Å². The van der Waals surface area contributed by atoms with Gasteiger partial charge in [0.25, 0.3) is 5.16 Å². The Morgan fingerprint density at radius 1 is 1.26 bits per heavy atom. The van der Waals surface area contributed by atoms with E-state index < -0.39 is 27.2 Å². The molecule has 2 aromatic rings. The maximum Gasteiger partial charge on any atom is 0.267 e. The Morgan fingerprint density at radius 2 is 2.00 bits per heavy atom. The van der Waals surface area contributed by atoms with Crippen LogP contribution in [-0.4, -0.2) is 28.4 Å². The molecule has 4 atom stereocenters. The second-order valence-corrected chi connectivity index (χ2v) is 7.94. The zero-order valence-electron chi connectivity index (χ0n) is 12.0. The fourth-order valence-electron chi connectivity index (χ4n) is 3.02. The van der Waals surface area contributed by atoms with Gasteiger partial charge in [-0.15, -0.1) is 5.10 Å². The molecule has 1 aliphatic carbocycles. The van der Waals surface area contributed by atoms with Gasteiger partial charge in [-0.05, 0) is 12.0 Å². The first kappa shape index (κ1) is 14.3. The minimum Gasteiger partial charge on any atom is -0.239 e. The predicted octanol–water partition coefficient (Wildman–Crippen LogP) is 1.97. The third kappa shape index (κ3) is 2.15. The number of halogens is 1. The van der Waals surface area contributed by atoms with Gasteiger partial charge in [0, 0.05) is 6.42 Å². The van der Waals surface area contributed by atoms with Crippen LogP contribution in [0.4, 0.5) is 4.39 Å². The molecule has 0 saturated heterocycles. The molecule has 1 aromatic heterocycles. The lowest BCUT2D eigenvalue weighted by Gasteiger charge is -2.11. The number of alkyl halides is 1. The molecule has 1 aliphatic heterocycles. The Kier molecular flexibility index (Phi) is 3.03. The fourth-order valence-corrected chi connectivity index (χ4v) is 4.67. The topological polar surface area (TPSA) is 88.6 Å². The van der Waals surface area contributed by atoms with Crippen LogP contribution in [0.5, 0.6) is 0 Å². The molecule has 0 amide bonds. The van der Waals surface area contributed by atoms with Gasteiger partial charge >= 0.3 is 0 Å². The first-order valence-corrected chi connectivity index (χ1v) is 8.86. The van der Waals surface area contributed by atoms with E-state index in [0.717, 1.165) is 5.56 Å². The molecular weight excluding hydrogens is 319 g/mol. The summed E-state index contributed by atoms with van der Waals surface area (Å²) in [7, 11) is -3.77. The quantitative estimate of drug-likeness (QED) is 0.857. The summed E-state index contributed by atoms with van der Waals surface area (Å²) >= 11 is 0. The van der Waals surface area contributed by atoms with E-state index in [2.05, 4.69) is 10.1 Å². The molecular formula is C15H13FN4O2S. The average molecular weight is 332 g/mol. The van der Waals surface area contributed by atoms with Crippen LogP contribution in [0.1, 0.15) is 36.4 Å². The number of nitriles is 1. The van der Waals surface area contributed by atoms with Gasteiger partial charge in [-0.1, -0.05) is 30.3 Å². The summed E-state index contributed by atoms with van der Waals surface area (Å²) in [6.45, 7) is 0. The van der Waals surface area contributed by atoms with Gasteiger partial charge in [0.15, 0.2) is 12.0 Å². The molecule has 0 unspecified atom stereocenters. The molecule has 0 N–H and O–H groups in total. The van der Waals surface area contributed by atoms with Crippen LogP contribution < -0.4 is 0 Å². The SMILES string of the molecule is N#C[C@@H]1C[C@H]1S(=O)(=O)c1nc2n(n1)[C@H](c1ccccc1)C[C@@H]2F. The summed E-state index contributed by atoms with van der Waals surface area (Å²) in [4.78, 5) is 3.93. The Morgan fingerprint density at radius 3 is 2.65 bits per heavy atom. The number of rotatable bonds is 3. The van der Waals surface area contributed by atoms with E-state index >= 15 is 0 Å². The highest BCUT2D eigenvalue weighted by atomic mass is 32.2. The van der Waals surface area contributed by atoms with Crippen molar-refractivity contribution in [3.63, 3.8) is 0 Å². The third-order valence-corrected chi connectivity index (χ3v) is 6.38. The van der Waals surface area contributed by atoms with Crippen molar-refractivity contribution in [2.45, 2.75) is 35.5 Å². The average Bonchev–Trinajstić information content (AvgIpc) is 3.13. The van der Waals surface area contributed by atoms with Crippen LogP contribution >= 0.6 is 0 Å². The first-order valence-electron chi connectivity index (χ1n) is 7.31. The Hall–Kier alpha value is -2.27. The molecule has 0 spiro atoms. The minimum atomic E-state index is -3.77. The zero-order chi connectivity index (χ0) is 16.2. The smallest absolute Gasteiger partial charge is 0.239 e. The van der Waals surface area contributed by atoms with Crippen LogP contribution in [0.25, 0.3) is 0 Å². The van der Waals surface area contributed by atoms with Gasteiger partial charge in [0.05, 0.1) is 23.3 Å². The summed E-state index contributed by atoms with van der Waals surface area (Å²) in [5, 5.41) is 11.8. The molecule has 23 heavy (non-hydrogen) atoms. The molecule has 1 fully saturated rings. The van der Waals surface area contributed by atoms with E-state index in [4.69, 9.17) is 5.26 Å². The van der Waals surface area contributed by atoms with Crippen molar-refractivity contribution in [2.24, 2.45) is 5.92 Å². The van der Waals surface area contributed by atoms with E-state index in [1.807, 2.05) is 36.4 Å². The molecule has 1 aromatic carbocycles. The number of aromatic nitrogens is 3.